The Morgan fingerprint density at radius 2 is 2.19 bits per heavy atom. The van der Waals surface area contributed by atoms with Crippen LogP contribution in [0.15, 0.2) is 34.9 Å². The lowest BCUT2D eigenvalue weighted by Gasteiger charge is -2.03. The van der Waals surface area contributed by atoms with Gasteiger partial charge < -0.3 is 0 Å². The van der Waals surface area contributed by atoms with Crippen molar-refractivity contribution in [3.05, 3.63) is 57.1 Å². The molecule has 2 aromatic rings. The van der Waals surface area contributed by atoms with Gasteiger partial charge in [0, 0.05) is 6.20 Å². The van der Waals surface area contributed by atoms with E-state index in [0.29, 0.717) is 17.4 Å². The van der Waals surface area contributed by atoms with Crippen LogP contribution in [0.4, 0.5) is 5.69 Å². The van der Waals surface area contributed by atoms with Crippen LogP contribution in [0.2, 0.25) is 5.15 Å². The van der Waals surface area contributed by atoms with Crippen molar-refractivity contribution < 1.29 is 0 Å². The molecule has 2 rings (SSSR count). The van der Waals surface area contributed by atoms with Gasteiger partial charge in [-0.25, -0.2) is 4.85 Å². The molecular weight excluding hydrogens is 289 g/mol. The minimum absolute atomic E-state index is 0.431. The third-order valence-electron chi connectivity index (χ3n) is 2.12. The molecule has 3 nitrogen and oxygen atoms in total. The van der Waals surface area contributed by atoms with E-state index in [0.717, 1.165) is 10.0 Å². The minimum atomic E-state index is 0.431. The van der Waals surface area contributed by atoms with Crippen molar-refractivity contribution in [2.24, 2.45) is 0 Å². The van der Waals surface area contributed by atoms with Crippen molar-refractivity contribution in [1.29, 1.82) is 0 Å². The van der Waals surface area contributed by atoms with Gasteiger partial charge in [-0.05, 0) is 21.5 Å². The van der Waals surface area contributed by atoms with Gasteiger partial charge in [0.25, 0.3) is 0 Å². The average Bonchev–Trinajstić information content (AvgIpc) is 2.59. The summed E-state index contributed by atoms with van der Waals surface area (Å²) in [7, 11) is 0. The van der Waals surface area contributed by atoms with Gasteiger partial charge in [-0.1, -0.05) is 35.9 Å². The predicted molar refractivity (Wildman–Crippen MR) is 66.7 cm³/mol. The molecule has 0 amide bonds. The lowest BCUT2D eigenvalue weighted by Crippen LogP contribution is -1.99. The lowest BCUT2D eigenvalue weighted by molar-refractivity contribution is 0.688. The molecule has 0 aliphatic carbocycles. The Morgan fingerprint density at radius 1 is 1.44 bits per heavy atom. The van der Waals surface area contributed by atoms with Crippen molar-refractivity contribution in [1.82, 2.24) is 9.78 Å². The Morgan fingerprint density at radius 3 is 2.81 bits per heavy atom. The van der Waals surface area contributed by atoms with Crippen LogP contribution in [-0.4, -0.2) is 9.78 Å². The highest BCUT2D eigenvalue weighted by Gasteiger charge is 2.06. The molecule has 0 saturated heterocycles. The van der Waals surface area contributed by atoms with Crippen LogP contribution in [0.1, 0.15) is 5.56 Å². The first-order chi connectivity index (χ1) is 7.70. The molecule has 1 aromatic carbocycles. The Bertz CT molecular complexity index is 537. The predicted octanol–water partition coefficient (Wildman–Crippen LogP) is 3.90. The Hall–Kier alpha value is -1.31. The number of aromatic nitrogens is 2. The van der Waals surface area contributed by atoms with E-state index in [2.05, 4.69) is 25.9 Å². The molecule has 5 heteroatoms. The van der Waals surface area contributed by atoms with Crippen LogP contribution in [-0.2, 0) is 6.54 Å². The Balaban J connectivity index is 2.31. The fourth-order valence-electron chi connectivity index (χ4n) is 1.38. The van der Waals surface area contributed by atoms with Gasteiger partial charge in [0.2, 0.25) is 0 Å². The average molecular weight is 297 g/mol. The second kappa shape index (κ2) is 4.69. The zero-order valence-electron chi connectivity index (χ0n) is 8.19. The Labute approximate surface area is 107 Å². The van der Waals surface area contributed by atoms with Crippen molar-refractivity contribution >= 4 is 33.2 Å². The zero-order chi connectivity index (χ0) is 11.5. The van der Waals surface area contributed by atoms with E-state index in [-0.39, 0.29) is 0 Å². The summed E-state index contributed by atoms with van der Waals surface area (Å²) in [5, 5.41) is 4.54. The van der Waals surface area contributed by atoms with Gasteiger partial charge >= 0.3 is 0 Å². The van der Waals surface area contributed by atoms with Crippen LogP contribution < -0.4 is 0 Å². The standard InChI is InChI=1S/C11H7BrClN3/c1-14-10-5-3-2-4-8(10)6-16-7-9(12)11(13)15-16/h2-5,7H,6H2. The van der Waals surface area contributed by atoms with E-state index in [1.807, 2.05) is 18.2 Å². The van der Waals surface area contributed by atoms with Crippen LogP contribution in [0.25, 0.3) is 4.85 Å². The summed E-state index contributed by atoms with van der Waals surface area (Å²) in [6.45, 7) is 7.60. The third kappa shape index (κ3) is 2.26. The van der Waals surface area contributed by atoms with E-state index in [1.54, 1.807) is 16.9 Å². The van der Waals surface area contributed by atoms with Crippen molar-refractivity contribution in [2.45, 2.75) is 6.54 Å². The molecule has 1 aromatic heterocycles. The molecule has 16 heavy (non-hydrogen) atoms. The van der Waals surface area contributed by atoms with E-state index < -0.39 is 0 Å². The summed E-state index contributed by atoms with van der Waals surface area (Å²) in [5.74, 6) is 0. The van der Waals surface area contributed by atoms with Gasteiger partial charge in [-0.15, -0.1) is 0 Å². The maximum absolute atomic E-state index is 7.06. The molecule has 0 aliphatic heterocycles. The highest BCUT2D eigenvalue weighted by atomic mass is 79.9. The topological polar surface area (TPSA) is 22.2 Å². The molecule has 0 N–H and O–H groups in total. The smallest absolute Gasteiger partial charge is 0.192 e. The summed E-state index contributed by atoms with van der Waals surface area (Å²) in [4.78, 5) is 3.46. The number of halogens is 2. The van der Waals surface area contributed by atoms with Crippen molar-refractivity contribution in [2.75, 3.05) is 0 Å². The second-order valence-electron chi connectivity index (χ2n) is 3.21. The monoisotopic (exact) mass is 295 g/mol. The van der Waals surface area contributed by atoms with Crippen molar-refractivity contribution in [3.63, 3.8) is 0 Å². The van der Waals surface area contributed by atoms with E-state index in [1.165, 1.54) is 0 Å². The fourth-order valence-corrected chi connectivity index (χ4v) is 1.84. The van der Waals surface area contributed by atoms with E-state index in [9.17, 15) is 0 Å². The van der Waals surface area contributed by atoms with Gasteiger partial charge in [-0.3, -0.25) is 4.68 Å². The lowest BCUT2D eigenvalue weighted by atomic mass is 10.2. The number of hydrogen-bond donors (Lipinski definition) is 0. The van der Waals surface area contributed by atoms with Crippen LogP contribution in [0, 0.1) is 6.57 Å². The normalized spacial score (nSPS) is 10.1. The molecule has 0 fully saturated rings. The van der Waals surface area contributed by atoms with Gasteiger partial charge in [0.15, 0.2) is 10.8 Å². The first-order valence-electron chi connectivity index (χ1n) is 4.54. The van der Waals surface area contributed by atoms with E-state index >= 15 is 0 Å². The maximum atomic E-state index is 7.06. The number of hydrogen-bond acceptors (Lipinski definition) is 1. The molecule has 1 heterocycles. The summed E-state index contributed by atoms with van der Waals surface area (Å²) in [6.07, 6.45) is 1.79. The summed E-state index contributed by atoms with van der Waals surface area (Å²) in [5.41, 5.74) is 1.58. The summed E-state index contributed by atoms with van der Waals surface area (Å²) >= 11 is 9.12. The summed E-state index contributed by atoms with van der Waals surface area (Å²) in [6, 6.07) is 7.46. The molecule has 0 saturated carbocycles. The summed E-state index contributed by atoms with van der Waals surface area (Å²) < 4.78 is 2.46. The number of rotatable bonds is 2. The Kier molecular flexibility index (Phi) is 3.28. The molecular formula is C11H7BrClN3. The zero-order valence-corrected chi connectivity index (χ0v) is 10.5. The molecule has 0 aliphatic rings. The molecule has 0 radical (unpaired) electrons. The number of para-hydroxylation sites is 1. The quantitative estimate of drug-likeness (QED) is 0.771. The largest absolute Gasteiger partial charge is 0.267 e. The SMILES string of the molecule is [C-]#[N+]c1ccccc1Cn1cc(Br)c(Cl)n1. The number of nitrogens with zero attached hydrogens (tertiary/aromatic N) is 3. The third-order valence-corrected chi connectivity index (χ3v) is 3.21. The number of benzene rings is 1. The highest BCUT2D eigenvalue weighted by molar-refractivity contribution is 9.10. The highest BCUT2D eigenvalue weighted by Crippen LogP contribution is 2.23. The molecule has 0 bridgehead atoms. The minimum Gasteiger partial charge on any atom is -0.267 e. The van der Waals surface area contributed by atoms with Gasteiger partial charge in [0.05, 0.1) is 17.6 Å². The first kappa shape index (κ1) is 11.2. The van der Waals surface area contributed by atoms with Crippen LogP contribution in [0.5, 0.6) is 0 Å². The molecule has 0 unspecified atom stereocenters. The molecule has 0 spiro atoms. The first-order valence-corrected chi connectivity index (χ1v) is 5.71. The molecule has 0 atom stereocenters. The van der Waals surface area contributed by atoms with Gasteiger partial charge in [-0.2, -0.15) is 5.10 Å². The molecule has 80 valence electrons. The maximum Gasteiger partial charge on any atom is 0.192 e. The van der Waals surface area contributed by atoms with E-state index in [4.69, 9.17) is 18.2 Å². The van der Waals surface area contributed by atoms with Crippen molar-refractivity contribution in [3.8, 4) is 0 Å². The fraction of sp³-hybridized carbons (Fsp3) is 0.0909. The second-order valence-corrected chi connectivity index (χ2v) is 4.42. The van der Waals surface area contributed by atoms with Crippen LogP contribution >= 0.6 is 27.5 Å². The van der Waals surface area contributed by atoms with Gasteiger partial charge in [0.1, 0.15) is 0 Å². The van der Waals surface area contributed by atoms with Crippen LogP contribution in [0.3, 0.4) is 0 Å².